The van der Waals surface area contributed by atoms with Gasteiger partial charge in [0.05, 0.1) is 23.7 Å². The van der Waals surface area contributed by atoms with Crippen LogP contribution in [0.5, 0.6) is 0 Å². The van der Waals surface area contributed by atoms with Crippen molar-refractivity contribution in [2.75, 3.05) is 19.0 Å². The van der Waals surface area contributed by atoms with E-state index in [1.54, 1.807) is 0 Å². The molecule has 1 heterocycles. The Morgan fingerprint density at radius 1 is 1.43 bits per heavy atom. The normalized spacial score (nSPS) is 17.0. The van der Waals surface area contributed by atoms with Gasteiger partial charge in [-0.25, -0.2) is 9.59 Å². The van der Waals surface area contributed by atoms with Crippen LogP contribution in [-0.2, 0) is 9.53 Å². The third-order valence-electron chi connectivity index (χ3n) is 2.94. The van der Waals surface area contributed by atoms with E-state index >= 15 is 0 Å². The fourth-order valence-corrected chi connectivity index (χ4v) is 2.19. The van der Waals surface area contributed by atoms with Gasteiger partial charge in [-0.15, -0.1) is 0 Å². The average molecular weight is 312 g/mol. The standard InChI is InChI=1S/C13H14ClN3O4/c1-21-12(19)9-3-2-7(4-10(9)14)16-13(20)17-8-5-11(18)15-6-8/h2-4,8H,5-6H2,1H3,(H,15,18)(H2,16,17,20)/t8-/m0/s1. The second-order valence-electron chi connectivity index (χ2n) is 4.49. The molecular formula is C13H14ClN3O4. The molecule has 1 atom stereocenters. The summed E-state index contributed by atoms with van der Waals surface area (Å²) < 4.78 is 4.57. The molecule has 0 aliphatic carbocycles. The lowest BCUT2D eigenvalue weighted by Crippen LogP contribution is -2.39. The molecule has 112 valence electrons. The lowest BCUT2D eigenvalue weighted by Gasteiger charge is -2.12. The number of ether oxygens (including phenoxy) is 1. The Balaban J connectivity index is 1.96. The molecule has 0 saturated carbocycles. The van der Waals surface area contributed by atoms with Gasteiger partial charge < -0.3 is 20.7 Å². The second kappa shape index (κ2) is 6.45. The summed E-state index contributed by atoms with van der Waals surface area (Å²) in [7, 11) is 1.26. The highest BCUT2D eigenvalue weighted by atomic mass is 35.5. The number of rotatable bonds is 3. The predicted octanol–water partition coefficient (Wildman–Crippen LogP) is 1.14. The van der Waals surface area contributed by atoms with E-state index < -0.39 is 12.0 Å². The summed E-state index contributed by atoms with van der Waals surface area (Å²) in [5.41, 5.74) is 0.651. The topological polar surface area (TPSA) is 96.5 Å². The van der Waals surface area contributed by atoms with E-state index in [1.807, 2.05) is 0 Å². The number of halogens is 1. The maximum absolute atomic E-state index is 11.8. The molecule has 7 nitrogen and oxygen atoms in total. The SMILES string of the molecule is COC(=O)c1ccc(NC(=O)N[C@@H]2CNC(=O)C2)cc1Cl. The van der Waals surface area contributed by atoms with Crippen LogP contribution in [0.25, 0.3) is 0 Å². The Morgan fingerprint density at radius 3 is 2.76 bits per heavy atom. The molecule has 1 aromatic carbocycles. The number of hydrogen-bond acceptors (Lipinski definition) is 4. The van der Waals surface area contributed by atoms with E-state index in [2.05, 4.69) is 20.7 Å². The quantitative estimate of drug-likeness (QED) is 0.729. The van der Waals surface area contributed by atoms with Crippen molar-refractivity contribution < 1.29 is 19.1 Å². The van der Waals surface area contributed by atoms with Crippen LogP contribution in [0.1, 0.15) is 16.8 Å². The van der Waals surface area contributed by atoms with Crippen molar-refractivity contribution in [3.8, 4) is 0 Å². The van der Waals surface area contributed by atoms with Gasteiger partial charge in [0.25, 0.3) is 0 Å². The molecule has 1 aromatic rings. The summed E-state index contributed by atoms with van der Waals surface area (Å²) in [4.78, 5) is 34.2. The number of urea groups is 1. The van der Waals surface area contributed by atoms with Crippen LogP contribution in [-0.4, -0.2) is 37.6 Å². The summed E-state index contributed by atoms with van der Waals surface area (Å²) in [5.74, 6) is -0.641. The Bertz CT molecular complexity index is 591. The van der Waals surface area contributed by atoms with Crippen molar-refractivity contribution in [1.29, 1.82) is 0 Å². The molecule has 3 N–H and O–H groups in total. The van der Waals surface area contributed by atoms with Crippen LogP contribution in [0, 0.1) is 0 Å². The molecule has 8 heteroatoms. The van der Waals surface area contributed by atoms with Crippen molar-refractivity contribution in [1.82, 2.24) is 10.6 Å². The van der Waals surface area contributed by atoms with E-state index in [4.69, 9.17) is 11.6 Å². The first-order valence-corrected chi connectivity index (χ1v) is 6.59. The molecule has 0 bridgehead atoms. The molecule has 0 unspecified atom stereocenters. The number of anilines is 1. The summed E-state index contributed by atoms with van der Waals surface area (Å²) in [5, 5.41) is 8.04. The summed E-state index contributed by atoms with van der Waals surface area (Å²) in [6.45, 7) is 0.411. The zero-order valence-corrected chi connectivity index (χ0v) is 12.0. The van der Waals surface area contributed by atoms with Crippen molar-refractivity contribution in [2.24, 2.45) is 0 Å². The summed E-state index contributed by atoms with van der Waals surface area (Å²) >= 11 is 5.95. The number of carbonyl (C=O) groups is 3. The molecule has 3 amide bonds. The number of esters is 1. The van der Waals surface area contributed by atoms with Crippen molar-refractivity contribution in [2.45, 2.75) is 12.5 Å². The third-order valence-corrected chi connectivity index (χ3v) is 3.26. The molecule has 1 fully saturated rings. The smallest absolute Gasteiger partial charge is 0.339 e. The monoisotopic (exact) mass is 311 g/mol. The number of amides is 3. The zero-order chi connectivity index (χ0) is 15.4. The predicted molar refractivity (Wildman–Crippen MR) is 76.4 cm³/mol. The molecule has 2 rings (SSSR count). The van der Waals surface area contributed by atoms with Crippen LogP contribution >= 0.6 is 11.6 Å². The highest BCUT2D eigenvalue weighted by Crippen LogP contribution is 2.21. The minimum absolute atomic E-state index is 0.0919. The van der Waals surface area contributed by atoms with Gasteiger partial charge in [0.1, 0.15) is 0 Å². The number of carbonyl (C=O) groups excluding carboxylic acids is 3. The molecule has 0 aromatic heterocycles. The number of benzene rings is 1. The molecule has 1 aliphatic rings. The molecule has 0 spiro atoms. The van der Waals surface area contributed by atoms with Crippen molar-refractivity contribution >= 4 is 35.2 Å². The molecule has 1 saturated heterocycles. The van der Waals surface area contributed by atoms with E-state index in [9.17, 15) is 14.4 Å². The number of methoxy groups -OCH3 is 1. The minimum Gasteiger partial charge on any atom is -0.465 e. The minimum atomic E-state index is -0.549. The van der Waals surface area contributed by atoms with Gasteiger partial charge in [-0.05, 0) is 18.2 Å². The number of nitrogens with one attached hydrogen (secondary N) is 3. The summed E-state index contributed by atoms with van der Waals surface area (Å²) in [6.07, 6.45) is 0.259. The van der Waals surface area contributed by atoms with Gasteiger partial charge in [-0.2, -0.15) is 0 Å². The molecule has 21 heavy (non-hydrogen) atoms. The van der Waals surface area contributed by atoms with Crippen molar-refractivity contribution in [3.05, 3.63) is 28.8 Å². The Labute approximate surface area is 126 Å². The Kier molecular flexibility index (Phi) is 4.64. The fraction of sp³-hybridized carbons (Fsp3) is 0.308. The largest absolute Gasteiger partial charge is 0.465 e. The van der Waals surface area contributed by atoms with E-state index in [0.717, 1.165) is 0 Å². The summed E-state index contributed by atoms with van der Waals surface area (Å²) in [6, 6.07) is 3.77. The van der Waals surface area contributed by atoms with Crippen LogP contribution in [0.3, 0.4) is 0 Å². The first-order chi connectivity index (χ1) is 9.99. The van der Waals surface area contributed by atoms with E-state index in [-0.39, 0.29) is 29.0 Å². The Hall–Kier alpha value is -2.28. The highest BCUT2D eigenvalue weighted by molar-refractivity contribution is 6.33. The lowest BCUT2D eigenvalue weighted by atomic mass is 10.2. The fourth-order valence-electron chi connectivity index (χ4n) is 1.93. The van der Waals surface area contributed by atoms with Crippen LogP contribution in [0.2, 0.25) is 5.02 Å². The van der Waals surface area contributed by atoms with Crippen LogP contribution < -0.4 is 16.0 Å². The number of hydrogen-bond donors (Lipinski definition) is 3. The first kappa shape index (κ1) is 15.1. The van der Waals surface area contributed by atoms with E-state index in [1.165, 1.54) is 25.3 Å². The van der Waals surface area contributed by atoms with Gasteiger partial charge in [-0.3, -0.25) is 4.79 Å². The van der Waals surface area contributed by atoms with E-state index in [0.29, 0.717) is 12.2 Å². The maximum atomic E-state index is 11.8. The van der Waals surface area contributed by atoms with Crippen LogP contribution in [0.4, 0.5) is 10.5 Å². The van der Waals surface area contributed by atoms with Gasteiger partial charge >= 0.3 is 12.0 Å². The average Bonchev–Trinajstić information content (AvgIpc) is 2.83. The second-order valence-corrected chi connectivity index (χ2v) is 4.90. The first-order valence-electron chi connectivity index (χ1n) is 6.21. The van der Waals surface area contributed by atoms with Crippen molar-refractivity contribution in [3.63, 3.8) is 0 Å². The van der Waals surface area contributed by atoms with Gasteiger partial charge in [-0.1, -0.05) is 11.6 Å². The van der Waals surface area contributed by atoms with Crippen LogP contribution in [0.15, 0.2) is 18.2 Å². The lowest BCUT2D eigenvalue weighted by molar-refractivity contribution is -0.119. The zero-order valence-electron chi connectivity index (χ0n) is 11.2. The van der Waals surface area contributed by atoms with Gasteiger partial charge in [0, 0.05) is 18.7 Å². The highest BCUT2D eigenvalue weighted by Gasteiger charge is 2.22. The Morgan fingerprint density at radius 2 is 2.19 bits per heavy atom. The molecular weight excluding hydrogens is 298 g/mol. The maximum Gasteiger partial charge on any atom is 0.339 e. The van der Waals surface area contributed by atoms with Gasteiger partial charge in [0.2, 0.25) is 5.91 Å². The molecule has 1 aliphatic heterocycles. The van der Waals surface area contributed by atoms with Gasteiger partial charge in [0.15, 0.2) is 0 Å². The third kappa shape index (κ3) is 3.85. The molecule has 0 radical (unpaired) electrons.